The predicted octanol–water partition coefficient (Wildman–Crippen LogP) is 2.56. The number of nitrogens with zero attached hydrogens (tertiary/aromatic N) is 2. The van der Waals surface area contributed by atoms with E-state index in [0.29, 0.717) is 23.4 Å². The first-order valence-corrected chi connectivity index (χ1v) is 7.19. The number of Topliss-reactive ketones (excluding diaryl/α,β-unsaturated/α-hetero) is 1. The van der Waals surface area contributed by atoms with Crippen LogP contribution in [0.4, 0.5) is 4.39 Å². The third kappa shape index (κ3) is 2.08. The summed E-state index contributed by atoms with van der Waals surface area (Å²) in [4.78, 5) is 14.2. The van der Waals surface area contributed by atoms with Gasteiger partial charge in [-0.15, -0.1) is 0 Å². The lowest BCUT2D eigenvalue weighted by molar-refractivity contribution is -0.116. The highest BCUT2D eigenvalue weighted by molar-refractivity contribution is 5.99. The number of hydrogen-bond donors (Lipinski definition) is 1. The largest absolute Gasteiger partial charge is 0.384 e. The average molecular weight is 297 g/mol. The first-order valence-electron chi connectivity index (χ1n) is 7.19. The smallest absolute Gasteiger partial charge is 0.161 e. The fourth-order valence-electron chi connectivity index (χ4n) is 3.25. The molecule has 0 saturated carbocycles. The van der Waals surface area contributed by atoms with Crippen molar-refractivity contribution in [2.75, 3.05) is 7.05 Å². The van der Waals surface area contributed by atoms with Gasteiger partial charge in [-0.05, 0) is 30.5 Å². The van der Waals surface area contributed by atoms with Crippen molar-refractivity contribution in [1.29, 1.82) is 5.26 Å². The van der Waals surface area contributed by atoms with Crippen LogP contribution in [0.15, 0.2) is 46.9 Å². The average Bonchev–Trinajstić information content (AvgIpc) is 2.52. The van der Waals surface area contributed by atoms with Crippen LogP contribution in [0.1, 0.15) is 30.7 Å². The van der Waals surface area contributed by atoms with Crippen molar-refractivity contribution in [1.82, 2.24) is 4.90 Å². The van der Waals surface area contributed by atoms with Crippen LogP contribution in [-0.4, -0.2) is 17.7 Å². The van der Waals surface area contributed by atoms with E-state index in [9.17, 15) is 14.4 Å². The number of hydrogen-bond acceptors (Lipinski definition) is 4. The van der Waals surface area contributed by atoms with Crippen LogP contribution in [0.25, 0.3) is 0 Å². The second-order valence-electron chi connectivity index (χ2n) is 5.59. The summed E-state index contributed by atoms with van der Waals surface area (Å²) >= 11 is 0. The molecule has 112 valence electrons. The number of carbonyl (C=O) groups is 1. The lowest BCUT2D eigenvalue weighted by Crippen LogP contribution is -2.36. The monoisotopic (exact) mass is 297 g/mol. The summed E-state index contributed by atoms with van der Waals surface area (Å²) in [7, 11) is 1.78. The molecule has 1 atom stereocenters. The van der Waals surface area contributed by atoms with Crippen molar-refractivity contribution in [3.05, 3.63) is 58.3 Å². The Hall–Kier alpha value is -2.61. The van der Waals surface area contributed by atoms with Crippen molar-refractivity contribution in [2.45, 2.75) is 25.2 Å². The highest BCUT2D eigenvalue weighted by Gasteiger charge is 2.38. The summed E-state index contributed by atoms with van der Waals surface area (Å²) < 4.78 is 13.2. The molecule has 0 unspecified atom stereocenters. The molecule has 0 spiro atoms. The van der Waals surface area contributed by atoms with E-state index in [1.165, 1.54) is 12.1 Å². The second kappa shape index (κ2) is 5.30. The fourth-order valence-corrected chi connectivity index (χ4v) is 3.25. The number of allylic oxidation sites excluding steroid dienone is 3. The topological polar surface area (TPSA) is 70.1 Å². The molecule has 22 heavy (non-hydrogen) atoms. The zero-order valence-corrected chi connectivity index (χ0v) is 12.3. The van der Waals surface area contributed by atoms with Crippen LogP contribution in [0.5, 0.6) is 0 Å². The van der Waals surface area contributed by atoms with Gasteiger partial charge in [0.25, 0.3) is 0 Å². The van der Waals surface area contributed by atoms with Crippen LogP contribution >= 0.6 is 0 Å². The Kier molecular flexibility index (Phi) is 3.45. The molecular formula is C17H16FN3O. The lowest BCUT2D eigenvalue weighted by Gasteiger charge is -2.37. The van der Waals surface area contributed by atoms with Crippen molar-refractivity contribution < 1.29 is 9.18 Å². The minimum atomic E-state index is -0.496. The van der Waals surface area contributed by atoms with Gasteiger partial charge in [0.05, 0.1) is 17.6 Å². The summed E-state index contributed by atoms with van der Waals surface area (Å²) in [6.45, 7) is 0. The summed E-state index contributed by atoms with van der Waals surface area (Å²) in [6, 6.07) is 8.04. The maximum Gasteiger partial charge on any atom is 0.161 e. The standard InChI is InChI=1S/C17H16FN3O/c1-21-13-3-2-4-14(22)16(13)15(12(9-19)17(21)20)10-5-7-11(18)8-6-10/h5-8,15H,2-4,20H2,1H3/t15-/m0/s1. The number of carbonyl (C=O) groups excluding carboxylic acids is 1. The SMILES string of the molecule is CN1C(N)=C(C#N)[C@H](c2ccc(F)cc2)C2=C1CCCC2=O. The van der Waals surface area contributed by atoms with E-state index < -0.39 is 5.92 Å². The first-order chi connectivity index (χ1) is 10.5. The van der Waals surface area contributed by atoms with Gasteiger partial charge in [-0.1, -0.05) is 12.1 Å². The van der Waals surface area contributed by atoms with Gasteiger partial charge >= 0.3 is 0 Å². The molecular weight excluding hydrogens is 281 g/mol. The maximum atomic E-state index is 13.2. The molecule has 0 bridgehead atoms. The van der Waals surface area contributed by atoms with Gasteiger partial charge in [0.15, 0.2) is 5.78 Å². The third-order valence-electron chi connectivity index (χ3n) is 4.37. The molecule has 0 saturated heterocycles. The van der Waals surface area contributed by atoms with E-state index in [4.69, 9.17) is 5.73 Å². The highest BCUT2D eigenvalue weighted by atomic mass is 19.1. The lowest BCUT2D eigenvalue weighted by atomic mass is 9.76. The van der Waals surface area contributed by atoms with Crippen LogP contribution in [0.2, 0.25) is 0 Å². The van der Waals surface area contributed by atoms with Gasteiger partial charge in [0.1, 0.15) is 11.6 Å². The van der Waals surface area contributed by atoms with Crippen molar-refractivity contribution in [3.63, 3.8) is 0 Å². The van der Waals surface area contributed by atoms with Crippen LogP contribution in [0.3, 0.4) is 0 Å². The van der Waals surface area contributed by atoms with Crippen LogP contribution in [-0.2, 0) is 4.79 Å². The van der Waals surface area contributed by atoms with Crippen molar-refractivity contribution in [2.24, 2.45) is 5.73 Å². The van der Waals surface area contributed by atoms with Crippen molar-refractivity contribution >= 4 is 5.78 Å². The number of nitrogens with two attached hydrogens (primary N) is 1. The number of halogens is 1. The molecule has 1 aromatic rings. The number of nitriles is 1. The molecule has 1 aliphatic carbocycles. The van der Waals surface area contributed by atoms with E-state index in [-0.39, 0.29) is 11.6 Å². The molecule has 1 aliphatic heterocycles. The molecule has 0 fully saturated rings. The fraction of sp³-hybridized carbons (Fsp3) is 0.294. The first kappa shape index (κ1) is 14.3. The van der Waals surface area contributed by atoms with E-state index in [1.54, 1.807) is 24.1 Å². The highest BCUT2D eigenvalue weighted by Crippen LogP contribution is 2.43. The van der Waals surface area contributed by atoms with Gasteiger partial charge < -0.3 is 10.6 Å². The molecule has 0 radical (unpaired) electrons. The number of rotatable bonds is 1. The van der Waals surface area contributed by atoms with E-state index in [0.717, 1.165) is 24.1 Å². The molecule has 2 aliphatic rings. The van der Waals surface area contributed by atoms with E-state index in [1.807, 2.05) is 0 Å². The minimum absolute atomic E-state index is 0.0441. The zero-order chi connectivity index (χ0) is 15.9. The molecule has 5 heteroatoms. The van der Waals surface area contributed by atoms with Crippen LogP contribution in [0, 0.1) is 17.1 Å². The Labute approximate surface area is 128 Å². The molecule has 2 N–H and O–H groups in total. The number of ketones is 1. The van der Waals surface area contributed by atoms with Gasteiger partial charge in [-0.3, -0.25) is 4.79 Å². The predicted molar refractivity (Wildman–Crippen MR) is 79.6 cm³/mol. The summed E-state index contributed by atoms with van der Waals surface area (Å²) in [6.07, 6.45) is 2.02. The second-order valence-corrected chi connectivity index (χ2v) is 5.59. The Morgan fingerprint density at radius 3 is 2.64 bits per heavy atom. The molecule has 0 amide bonds. The van der Waals surface area contributed by atoms with Gasteiger partial charge in [-0.2, -0.15) is 5.26 Å². The zero-order valence-electron chi connectivity index (χ0n) is 12.3. The van der Waals surface area contributed by atoms with Gasteiger partial charge in [0, 0.05) is 24.7 Å². The van der Waals surface area contributed by atoms with Crippen LogP contribution < -0.4 is 5.73 Å². The normalized spacial score (nSPS) is 21.8. The van der Waals surface area contributed by atoms with E-state index >= 15 is 0 Å². The Bertz CT molecular complexity index is 740. The van der Waals surface area contributed by atoms with E-state index in [2.05, 4.69) is 6.07 Å². The van der Waals surface area contributed by atoms with Crippen molar-refractivity contribution in [3.8, 4) is 6.07 Å². The summed E-state index contributed by atoms with van der Waals surface area (Å²) in [5.74, 6) is -0.436. The number of benzene rings is 1. The third-order valence-corrected chi connectivity index (χ3v) is 4.37. The summed E-state index contributed by atoms with van der Waals surface area (Å²) in [5, 5.41) is 9.52. The Balaban J connectivity index is 2.22. The van der Waals surface area contributed by atoms with Gasteiger partial charge in [0.2, 0.25) is 0 Å². The quantitative estimate of drug-likeness (QED) is 0.865. The molecule has 4 nitrogen and oxygen atoms in total. The molecule has 3 rings (SSSR count). The molecule has 1 aromatic carbocycles. The maximum absolute atomic E-state index is 13.2. The Morgan fingerprint density at radius 1 is 1.32 bits per heavy atom. The molecule has 1 heterocycles. The molecule has 0 aromatic heterocycles. The Morgan fingerprint density at radius 2 is 2.00 bits per heavy atom. The summed E-state index contributed by atoms with van der Waals surface area (Å²) in [5.41, 5.74) is 8.68. The minimum Gasteiger partial charge on any atom is -0.384 e. The van der Waals surface area contributed by atoms with Gasteiger partial charge in [-0.25, -0.2) is 4.39 Å².